The normalized spacial score (nSPS) is 12.0. The Kier molecular flexibility index (Phi) is 6.92. The first-order valence-electron chi connectivity index (χ1n) is 11.4. The number of aromatic nitrogens is 1. The Morgan fingerprint density at radius 3 is 2.03 bits per heavy atom. The summed E-state index contributed by atoms with van der Waals surface area (Å²) in [5, 5.41) is 1.00. The quantitative estimate of drug-likeness (QED) is 0.217. The summed E-state index contributed by atoms with van der Waals surface area (Å²) in [6.45, 7) is 6.20. The highest BCUT2D eigenvalue weighted by molar-refractivity contribution is 5.94. The molecule has 0 saturated heterocycles. The number of ether oxygens (including phenoxy) is 1. The van der Waals surface area contributed by atoms with Gasteiger partial charge in [-0.05, 0) is 77.6 Å². The minimum Gasteiger partial charge on any atom is -0.463 e. The maximum absolute atomic E-state index is 13.6. The third-order valence-electron chi connectivity index (χ3n) is 5.89. The van der Waals surface area contributed by atoms with E-state index in [9.17, 15) is 13.6 Å². The first-order chi connectivity index (χ1) is 16.4. The van der Waals surface area contributed by atoms with Crippen LogP contribution in [0.5, 0.6) is 0 Å². The van der Waals surface area contributed by atoms with Crippen LogP contribution in [0.15, 0.2) is 85.1 Å². The van der Waals surface area contributed by atoms with Crippen molar-refractivity contribution in [3.8, 4) is 0 Å². The van der Waals surface area contributed by atoms with Crippen molar-refractivity contribution in [3.63, 3.8) is 0 Å². The highest BCUT2D eigenvalue weighted by Gasteiger charge is 2.19. The van der Waals surface area contributed by atoms with Gasteiger partial charge in [-0.1, -0.05) is 44.2 Å². The summed E-state index contributed by atoms with van der Waals surface area (Å²) in [6.07, 6.45) is 3.54. The van der Waals surface area contributed by atoms with Crippen LogP contribution >= 0.6 is 0 Å². The fraction of sp³-hybridized carbons (Fsp3) is 0.207. The largest absolute Gasteiger partial charge is 0.463 e. The molecule has 3 aromatic carbocycles. The van der Waals surface area contributed by atoms with Crippen LogP contribution in [-0.4, -0.2) is 17.1 Å². The molecule has 0 aliphatic heterocycles. The van der Waals surface area contributed by atoms with Gasteiger partial charge in [-0.25, -0.2) is 13.6 Å². The van der Waals surface area contributed by atoms with E-state index in [1.807, 2.05) is 38.2 Å². The standard InChI is InChI=1S/C29H27F2NO2/c1-4-34-28(33)18-26(19(2)3)22-9-14-27-23(17-22)15-16-32(27)29(20-5-10-24(30)11-6-20)21-7-12-25(31)13-8-21/h5-19,29H,4H2,1-3H3/b26-18+. The van der Waals surface area contributed by atoms with Crippen molar-refractivity contribution in [1.29, 1.82) is 0 Å². The molecule has 4 rings (SSSR count). The van der Waals surface area contributed by atoms with Crippen molar-refractivity contribution in [3.05, 3.63) is 113 Å². The summed E-state index contributed by atoms with van der Waals surface area (Å²) in [4.78, 5) is 12.1. The lowest BCUT2D eigenvalue weighted by Crippen LogP contribution is -2.11. The molecule has 5 heteroatoms. The first kappa shape index (κ1) is 23.4. The number of carbonyl (C=O) groups is 1. The molecule has 0 N–H and O–H groups in total. The number of hydrogen-bond acceptors (Lipinski definition) is 2. The number of nitrogens with zero attached hydrogens (tertiary/aromatic N) is 1. The molecule has 0 radical (unpaired) electrons. The second-order valence-corrected chi connectivity index (χ2v) is 8.51. The summed E-state index contributed by atoms with van der Waals surface area (Å²) >= 11 is 0. The molecule has 1 heterocycles. The summed E-state index contributed by atoms with van der Waals surface area (Å²) in [6, 6.07) is 20.6. The number of halogens is 2. The maximum atomic E-state index is 13.6. The molecule has 0 saturated carbocycles. The third kappa shape index (κ3) is 4.93. The molecular formula is C29H27F2NO2. The molecule has 0 amide bonds. The van der Waals surface area contributed by atoms with Crippen LogP contribution in [0.25, 0.3) is 16.5 Å². The maximum Gasteiger partial charge on any atom is 0.331 e. The molecule has 0 unspecified atom stereocenters. The average molecular weight is 460 g/mol. The van der Waals surface area contributed by atoms with Crippen molar-refractivity contribution in [2.45, 2.75) is 26.8 Å². The zero-order chi connectivity index (χ0) is 24.2. The Balaban J connectivity index is 1.81. The van der Waals surface area contributed by atoms with Crippen molar-refractivity contribution >= 4 is 22.4 Å². The van der Waals surface area contributed by atoms with Gasteiger partial charge in [0.2, 0.25) is 0 Å². The smallest absolute Gasteiger partial charge is 0.331 e. The van der Waals surface area contributed by atoms with Gasteiger partial charge in [-0.15, -0.1) is 0 Å². The highest BCUT2D eigenvalue weighted by Crippen LogP contribution is 2.33. The lowest BCUT2D eigenvalue weighted by Gasteiger charge is -2.22. The number of hydrogen-bond donors (Lipinski definition) is 0. The van der Waals surface area contributed by atoms with E-state index in [2.05, 4.69) is 10.6 Å². The summed E-state index contributed by atoms with van der Waals surface area (Å²) in [5.41, 5.74) is 4.61. The zero-order valence-corrected chi connectivity index (χ0v) is 19.5. The number of rotatable bonds is 7. The molecule has 34 heavy (non-hydrogen) atoms. The molecule has 0 aliphatic rings. The Hall–Kier alpha value is -3.73. The van der Waals surface area contributed by atoms with E-state index in [-0.39, 0.29) is 29.6 Å². The zero-order valence-electron chi connectivity index (χ0n) is 19.5. The predicted octanol–water partition coefficient (Wildman–Crippen LogP) is 7.16. The van der Waals surface area contributed by atoms with Crippen molar-refractivity contribution in [2.24, 2.45) is 5.92 Å². The van der Waals surface area contributed by atoms with Crippen LogP contribution in [0.1, 0.15) is 43.5 Å². The SMILES string of the molecule is CCOC(=O)/C=C(/c1ccc2c(ccn2C(c2ccc(F)cc2)c2ccc(F)cc2)c1)C(C)C. The van der Waals surface area contributed by atoms with E-state index in [0.717, 1.165) is 33.2 Å². The first-order valence-corrected chi connectivity index (χ1v) is 11.4. The van der Waals surface area contributed by atoms with Crippen LogP contribution < -0.4 is 0 Å². The van der Waals surface area contributed by atoms with Gasteiger partial charge >= 0.3 is 5.97 Å². The Morgan fingerprint density at radius 1 is 0.912 bits per heavy atom. The molecule has 0 fully saturated rings. The van der Waals surface area contributed by atoms with Crippen LogP contribution in [0, 0.1) is 17.6 Å². The number of esters is 1. The summed E-state index contributed by atoms with van der Waals surface area (Å²) < 4.78 is 34.5. The van der Waals surface area contributed by atoms with Gasteiger partial charge in [0.15, 0.2) is 0 Å². The second kappa shape index (κ2) is 10.0. The Bertz CT molecular complexity index is 1270. The van der Waals surface area contributed by atoms with Crippen molar-refractivity contribution in [2.75, 3.05) is 6.61 Å². The fourth-order valence-corrected chi connectivity index (χ4v) is 4.27. The van der Waals surface area contributed by atoms with Gasteiger partial charge in [-0.2, -0.15) is 0 Å². The van der Waals surface area contributed by atoms with Gasteiger partial charge in [0.25, 0.3) is 0 Å². The molecule has 0 spiro atoms. The van der Waals surface area contributed by atoms with Gasteiger partial charge in [0.05, 0.1) is 12.6 Å². The van der Waals surface area contributed by atoms with Gasteiger partial charge in [-0.3, -0.25) is 0 Å². The Labute approximate surface area is 198 Å². The Morgan fingerprint density at radius 2 is 1.50 bits per heavy atom. The number of benzene rings is 3. The number of fused-ring (bicyclic) bond motifs is 1. The van der Waals surface area contributed by atoms with Gasteiger partial charge in [0, 0.05) is 23.2 Å². The fourth-order valence-electron chi connectivity index (χ4n) is 4.27. The van der Waals surface area contributed by atoms with Crippen molar-refractivity contribution in [1.82, 2.24) is 4.57 Å². The van der Waals surface area contributed by atoms with E-state index in [1.165, 1.54) is 24.3 Å². The molecule has 4 aromatic rings. The van der Waals surface area contributed by atoms with E-state index in [1.54, 1.807) is 37.3 Å². The van der Waals surface area contributed by atoms with E-state index < -0.39 is 0 Å². The minimum absolute atomic E-state index is 0.134. The highest BCUT2D eigenvalue weighted by atomic mass is 19.1. The van der Waals surface area contributed by atoms with Crippen LogP contribution in [0.3, 0.4) is 0 Å². The summed E-state index contributed by atoms with van der Waals surface area (Å²) in [7, 11) is 0. The molecule has 0 aliphatic carbocycles. The van der Waals surface area contributed by atoms with Crippen molar-refractivity contribution < 1.29 is 18.3 Å². The minimum atomic E-state index is -0.350. The number of allylic oxidation sites excluding steroid dienone is 1. The topological polar surface area (TPSA) is 31.2 Å². The lowest BCUT2D eigenvalue weighted by atomic mass is 9.94. The van der Waals surface area contributed by atoms with Gasteiger partial charge in [0.1, 0.15) is 11.6 Å². The molecule has 0 atom stereocenters. The third-order valence-corrected chi connectivity index (χ3v) is 5.89. The van der Waals surface area contributed by atoms with E-state index in [4.69, 9.17) is 4.74 Å². The lowest BCUT2D eigenvalue weighted by molar-refractivity contribution is -0.137. The predicted molar refractivity (Wildman–Crippen MR) is 131 cm³/mol. The molecule has 174 valence electrons. The summed E-state index contributed by atoms with van der Waals surface area (Å²) in [5.74, 6) is -0.830. The second-order valence-electron chi connectivity index (χ2n) is 8.51. The molecule has 1 aromatic heterocycles. The van der Waals surface area contributed by atoms with Crippen LogP contribution in [0.2, 0.25) is 0 Å². The van der Waals surface area contributed by atoms with Crippen LogP contribution in [0.4, 0.5) is 8.78 Å². The molecule has 3 nitrogen and oxygen atoms in total. The number of carbonyl (C=O) groups excluding carboxylic acids is 1. The van der Waals surface area contributed by atoms with E-state index >= 15 is 0 Å². The van der Waals surface area contributed by atoms with Gasteiger partial charge < -0.3 is 9.30 Å². The van der Waals surface area contributed by atoms with Crippen LogP contribution in [-0.2, 0) is 9.53 Å². The van der Waals surface area contributed by atoms with E-state index in [0.29, 0.717) is 6.61 Å². The molecular weight excluding hydrogens is 432 g/mol. The monoisotopic (exact) mass is 459 g/mol. The molecule has 0 bridgehead atoms. The average Bonchev–Trinajstić information content (AvgIpc) is 3.23.